The molecular weight excluding hydrogens is 440 g/mol. The van der Waals surface area contributed by atoms with E-state index in [0.29, 0.717) is 11.5 Å². The first-order chi connectivity index (χ1) is 16.2. The van der Waals surface area contributed by atoms with Gasteiger partial charge in [0.1, 0.15) is 12.1 Å². The Morgan fingerprint density at radius 3 is 2.70 bits per heavy atom. The average molecular weight is 465 g/mol. The number of nitrogens with zero attached hydrogens (tertiary/aromatic N) is 8. The number of aromatic nitrogens is 5. The number of hydrogen-bond donors (Lipinski definition) is 0. The van der Waals surface area contributed by atoms with Crippen LogP contribution in [0.2, 0.25) is 5.02 Å². The molecular formula is C23H25ClN8O. The summed E-state index contributed by atoms with van der Waals surface area (Å²) in [6.45, 7) is 7.19. The fourth-order valence-electron chi connectivity index (χ4n) is 5.79. The number of rotatable bonds is 3. The van der Waals surface area contributed by atoms with Gasteiger partial charge in [0, 0.05) is 62.0 Å². The summed E-state index contributed by atoms with van der Waals surface area (Å²) in [6.07, 6.45) is 4.47. The Hall–Kier alpha value is -2.75. The molecule has 0 bridgehead atoms. The lowest BCUT2D eigenvalue weighted by atomic mass is 9.73. The predicted molar refractivity (Wildman–Crippen MR) is 124 cm³/mol. The summed E-state index contributed by atoms with van der Waals surface area (Å²) in [6, 6.07) is 8.54. The molecule has 1 spiro atoms. The smallest absolute Gasteiger partial charge is 0.231 e. The highest BCUT2D eigenvalue weighted by molar-refractivity contribution is 6.30. The molecule has 3 aromatic rings. The van der Waals surface area contributed by atoms with Crippen molar-refractivity contribution in [3.63, 3.8) is 0 Å². The van der Waals surface area contributed by atoms with E-state index in [9.17, 15) is 0 Å². The number of ether oxygens (including phenoxy) is 1. The molecule has 0 unspecified atom stereocenters. The molecule has 170 valence electrons. The zero-order chi connectivity index (χ0) is 22.0. The molecule has 0 N–H and O–H groups in total. The second-order valence-corrected chi connectivity index (χ2v) is 10.2. The Balaban J connectivity index is 1.16. The molecule has 0 radical (unpaired) electrons. The first kappa shape index (κ1) is 19.7. The summed E-state index contributed by atoms with van der Waals surface area (Å²) in [5.74, 6) is 2.92. The van der Waals surface area contributed by atoms with Crippen molar-refractivity contribution < 1.29 is 4.74 Å². The van der Waals surface area contributed by atoms with Crippen molar-refractivity contribution in [1.29, 1.82) is 0 Å². The fraction of sp³-hybridized carbons (Fsp3) is 0.478. The molecule has 0 saturated carbocycles. The van der Waals surface area contributed by atoms with Crippen LogP contribution in [0.5, 0.6) is 0 Å². The van der Waals surface area contributed by atoms with Crippen LogP contribution in [0.4, 0.5) is 11.8 Å². The van der Waals surface area contributed by atoms with E-state index in [0.717, 1.165) is 87.2 Å². The minimum Gasteiger partial charge on any atom is -0.380 e. The van der Waals surface area contributed by atoms with E-state index in [1.165, 1.54) is 5.56 Å². The Morgan fingerprint density at radius 1 is 1.03 bits per heavy atom. The van der Waals surface area contributed by atoms with Crippen molar-refractivity contribution in [3.8, 4) is 5.69 Å². The van der Waals surface area contributed by atoms with Gasteiger partial charge in [-0.25, -0.2) is 9.97 Å². The summed E-state index contributed by atoms with van der Waals surface area (Å²) < 4.78 is 7.92. The highest BCUT2D eigenvalue weighted by atomic mass is 35.5. The standard InChI is InChI=1S/C23H25ClN8O/c24-17-1-2-19-16(7-17)8-29(18-4-6-33-10-18)9-21-27-28-22(32(19)21)31-13-23(14-31)11-30(12-23)20-3-5-25-15-26-20/h1-3,5,7,15,18H,4,6,8-14H2/t18-/m0/s1. The van der Waals surface area contributed by atoms with Crippen LogP contribution in [0.25, 0.3) is 5.69 Å². The normalized spacial score (nSPS) is 23.6. The number of halogens is 1. The van der Waals surface area contributed by atoms with Gasteiger partial charge < -0.3 is 14.5 Å². The third-order valence-corrected chi connectivity index (χ3v) is 7.65. The number of hydrogen-bond acceptors (Lipinski definition) is 8. The molecule has 1 aromatic carbocycles. The molecule has 9 nitrogen and oxygen atoms in total. The molecule has 2 aromatic heterocycles. The van der Waals surface area contributed by atoms with E-state index in [1.807, 2.05) is 12.1 Å². The van der Waals surface area contributed by atoms with Crippen molar-refractivity contribution in [2.75, 3.05) is 49.2 Å². The van der Waals surface area contributed by atoms with Gasteiger partial charge in [-0.1, -0.05) is 11.6 Å². The quantitative estimate of drug-likeness (QED) is 0.583. The molecule has 33 heavy (non-hydrogen) atoms. The molecule has 4 aliphatic heterocycles. The van der Waals surface area contributed by atoms with E-state index in [-0.39, 0.29) is 0 Å². The molecule has 0 aliphatic carbocycles. The van der Waals surface area contributed by atoms with Crippen LogP contribution in [0.1, 0.15) is 17.8 Å². The third kappa shape index (κ3) is 3.21. The van der Waals surface area contributed by atoms with Gasteiger partial charge in [-0.05, 0) is 36.2 Å². The first-order valence-electron chi connectivity index (χ1n) is 11.5. The van der Waals surface area contributed by atoms with Crippen molar-refractivity contribution >= 4 is 23.4 Å². The topological polar surface area (TPSA) is 75.4 Å². The Labute approximate surface area is 196 Å². The van der Waals surface area contributed by atoms with E-state index in [4.69, 9.17) is 16.3 Å². The van der Waals surface area contributed by atoms with Crippen LogP contribution in [0, 0.1) is 5.41 Å². The number of benzene rings is 1. The van der Waals surface area contributed by atoms with Crippen molar-refractivity contribution in [1.82, 2.24) is 29.6 Å². The van der Waals surface area contributed by atoms with Crippen molar-refractivity contribution in [3.05, 3.63) is 53.2 Å². The van der Waals surface area contributed by atoms with Crippen LogP contribution in [-0.2, 0) is 17.8 Å². The lowest BCUT2D eigenvalue weighted by Gasteiger charge is -2.60. The van der Waals surface area contributed by atoms with E-state index in [2.05, 4.69) is 51.6 Å². The zero-order valence-corrected chi connectivity index (χ0v) is 19.0. The lowest BCUT2D eigenvalue weighted by molar-refractivity contribution is 0.133. The zero-order valence-electron chi connectivity index (χ0n) is 18.3. The van der Waals surface area contributed by atoms with Gasteiger partial charge in [0.2, 0.25) is 5.95 Å². The fourth-order valence-corrected chi connectivity index (χ4v) is 5.98. The van der Waals surface area contributed by atoms with Crippen molar-refractivity contribution in [2.45, 2.75) is 25.6 Å². The van der Waals surface area contributed by atoms with Gasteiger partial charge in [-0.3, -0.25) is 9.47 Å². The summed E-state index contributed by atoms with van der Waals surface area (Å²) in [5, 5.41) is 10.1. The predicted octanol–water partition coefficient (Wildman–Crippen LogP) is 2.14. The van der Waals surface area contributed by atoms with Gasteiger partial charge in [-0.2, -0.15) is 0 Å². The SMILES string of the molecule is Clc1ccc2c(c1)CN([C@H]1CCOC1)Cc1nnc(N3CC4(CN(c5ccncn5)C4)C3)n1-2. The molecule has 3 saturated heterocycles. The second-order valence-electron chi connectivity index (χ2n) is 9.73. The van der Waals surface area contributed by atoms with Crippen LogP contribution in [0.3, 0.4) is 0 Å². The summed E-state index contributed by atoms with van der Waals surface area (Å²) in [7, 11) is 0. The number of anilines is 2. The Bertz CT molecular complexity index is 1180. The Morgan fingerprint density at radius 2 is 1.91 bits per heavy atom. The molecule has 1 atom stereocenters. The minimum absolute atomic E-state index is 0.304. The van der Waals surface area contributed by atoms with E-state index >= 15 is 0 Å². The molecule has 3 fully saturated rings. The highest BCUT2D eigenvalue weighted by Gasteiger charge is 2.53. The second kappa shape index (κ2) is 7.38. The third-order valence-electron chi connectivity index (χ3n) is 7.41. The van der Waals surface area contributed by atoms with E-state index in [1.54, 1.807) is 12.5 Å². The first-order valence-corrected chi connectivity index (χ1v) is 11.9. The number of fused-ring (bicyclic) bond motifs is 3. The maximum absolute atomic E-state index is 6.40. The van der Waals surface area contributed by atoms with Gasteiger partial charge in [0.05, 0.1) is 18.8 Å². The molecule has 0 amide bonds. The average Bonchev–Trinajstić information content (AvgIpc) is 3.41. The van der Waals surface area contributed by atoms with Crippen LogP contribution in [0.15, 0.2) is 36.8 Å². The maximum Gasteiger partial charge on any atom is 0.231 e. The Kier molecular flexibility index (Phi) is 4.40. The van der Waals surface area contributed by atoms with E-state index < -0.39 is 0 Å². The lowest BCUT2D eigenvalue weighted by Crippen LogP contribution is -2.73. The highest BCUT2D eigenvalue weighted by Crippen LogP contribution is 2.44. The summed E-state index contributed by atoms with van der Waals surface area (Å²) in [4.78, 5) is 15.6. The maximum atomic E-state index is 6.40. The van der Waals surface area contributed by atoms with Gasteiger partial charge in [0.25, 0.3) is 0 Å². The van der Waals surface area contributed by atoms with Crippen LogP contribution < -0.4 is 9.80 Å². The molecule has 7 rings (SSSR count). The molecule has 4 aliphatic rings. The molecule has 6 heterocycles. The van der Waals surface area contributed by atoms with Crippen molar-refractivity contribution in [2.24, 2.45) is 5.41 Å². The van der Waals surface area contributed by atoms with Gasteiger partial charge in [-0.15, -0.1) is 10.2 Å². The van der Waals surface area contributed by atoms with Crippen LogP contribution in [-0.4, -0.2) is 75.1 Å². The summed E-state index contributed by atoms with van der Waals surface area (Å²) in [5.41, 5.74) is 2.65. The largest absolute Gasteiger partial charge is 0.380 e. The monoisotopic (exact) mass is 464 g/mol. The van der Waals surface area contributed by atoms with Crippen LogP contribution >= 0.6 is 11.6 Å². The van der Waals surface area contributed by atoms with Gasteiger partial charge in [0.15, 0.2) is 5.82 Å². The summed E-state index contributed by atoms with van der Waals surface area (Å²) >= 11 is 6.40. The molecule has 10 heteroatoms. The van der Waals surface area contributed by atoms with Gasteiger partial charge >= 0.3 is 0 Å². The minimum atomic E-state index is 0.304.